The van der Waals surface area contributed by atoms with Crippen LogP contribution < -0.4 is 0 Å². The van der Waals surface area contributed by atoms with E-state index < -0.39 is 0 Å². The molecule has 3 nitrogen and oxygen atoms in total. The minimum absolute atomic E-state index is 0.152. The minimum Gasteiger partial charge on any atom is -0.306 e. The lowest BCUT2D eigenvalue weighted by Gasteiger charge is -2.17. The molecule has 0 aliphatic carbocycles. The summed E-state index contributed by atoms with van der Waals surface area (Å²) in [4.78, 5) is 16.2. The van der Waals surface area contributed by atoms with Crippen molar-refractivity contribution in [2.24, 2.45) is 5.41 Å². The fourth-order valence-electron chi connectivity index (χ4n) is 1.65. The highest BCUT2D eigenvalue weighted by Gasteiger charge is 2.22. The Hall–Kier alpha value is -1.90. The predicted octanol–water partition coefficient (Wildman–Crippen LogP) is 3.10. The molecule has 3 heteroatoms. The van der Waals surface area contributed by atoms with Crippen molar-refractivity contribution in [2.75, 3.05) is 0 Å². The summed E-state index contributed by atoms with van der Waals surface area (Å²) in [5.74, 6) is 0.152. The Labute approximate surface area is 101 Å². The number of imidazole rings is 1. The predicted molar refractivity (Wildman–Crippen MR) is 67.3 cm³/mol. The smallest absolute Gasteiger partial charge is 0.168 e. The summed E-state index contributed by atoms with van der Waals surface area (Å²) in [6.07, 6.45) is 5.31. The van der Waals surface area contributed by atoms with Gasteiger partial charge in [0.1, 0.15) is 0 Å². The lowest BCUT2D eigenvalue weighted by atomic mass is 9.86. The number of rotatable bonds is 2. The summed E-state index contributed by atoms with van der Waals surface area (Å²) < 4.78 is 1.89. The molecular weight excluding hydrogens is 212 g/mol. The number of carbonyl (C=O) groups excluding carboxylic acids is 1. The van der Waals surface area contributed by atoms with Crippen LogP contribution in [0.5, 0.6) is 0 Å². The van der Waals surface area contributed by atoms with Crippen LogP contribution in [0.4, 0.5) is 0 Å². The Balaban J connectivity index is 2.39. The van der Waals surface area contributed by atoms with Crippen LogP contribution >= 0.6 is 0 Å². The number of aromatic nitrogens is 2. The molecule has 1 aromatic heterocycles. The van der Waals surface area contributed by atoms with Gasteiger partial charge in [-0.25, -0.2) is 4.98 Å². The van der Waals surface area contributed by atoms with Gasteiger partial charge in [0, 0.05) is 29.1 Å². The third-order valence-electron chi connectivity index (χ3n) is 2.59. The minimum atomic E-state index is -0.354. The van der Waals surface area contributed by atoms with Crippen molar-refractivity contribution in [3.8, 4) is 5.69 Å². The number of carbonyl (C=O) groups is 1. The van der Waals surface area contributed by atoms with Crippen molar-refractivity contribution >= 4 is 5.78 Å². The summed E-state index contributed by atoms with van der Waals surface area (Å²) >= 11 is 0. The van der Waals surface area contributed by atoms with Gasteiger partial charge in [-0.1, -0.05) is 32.9 Å². The average Bonchev–Trinajstić information content (AvgIpc) is 2.80. The van der Waals surface area contributed by atoms with Crippen molar-refractivity contribution in [3.63, 3.8) is 0 Å². The third kappa shape index (κ3) is 2.44. The van der Waals surface area contributed by atoms with Crippen LogP contribution in [-0.4, -0.2) is 15.3 Å². The molecule has 0 aliphatic heterocycles. The van der Waals surface area contributed by atoms with Crippen LogP contribution in [0.3, 0.4) is 0 Å². The van der Waals surface area contributed by atoms with Crippen molar-refractivity contribution < 1.29 is 4.79 Å². The molecule has 2 rings (SSSR count). The van der Waals surface area contributed by atoms with Gasteiger partial charge in [0.15, 0.2) is 5.78 Å². The molecule has 0 N–H and O–H groups in total. The largest absolute Gasteiger partial charge is 0.306 e. The van der Waals surface area contributed by atoms with Crippen LogP contribution in [0.2, 0.25) is 0 Å². The molecule has 0 radical (unpaired) electrons. The number of nitrogens with zero attached hydrogens (tertiary/aromatic N) is 2. The third-order valence-corrected chi connectivity index (χ3v) is 2.59. The molecule has 0 unspecified atom stereocenters. The molecule has 1 aromatic carbocycles. The highest BCUT2D eigenvalue weighted by Crippen LogP contribution is 2.22. The molecule has 0 saturated heterocycles. The van der Waals surface area contributed by atoms with E-state index in [0.29, 0.717) is 0 Å². The van der Waals surface area contributed by atoms with E-state index in [9.17, 15) is 4.79 Å². The number of hydrogen-bond acceptors (Lipinski definition) is 2. The molecule has 0 bridgehead atoms. The monoisotopic (exact) mass is 228 g/mol. The summed E-state index contributed by atoms with van der Waals surface area (Å²) in [6.45, 7) is 5.79. The van der Waals surface area contributed by atoms with E-state index in [1.54, 1.807) is 12.5 Å². The Morgan fingerprint density at radius 1 is 1.29 bits per heavy atom. The van der Waals surface area contributed by atoms with E-state index >= 15 is 0 Å². The van der Waals surface area contributed by atoms with Crippen molar-refractivity contribution in [2.45, 2.75) is 20.8 Å². The molecule has 0 spiro atoms. The van der Waals surface area contributed by atoms with Crippen LogP contribution in [0.25, 0.3) is 5.69 Å². The number of hydrogen-bond donors (Lipinski definition) is 0. The van der Waals surface area contributed by atoms with Crippen LogP contribution in [0, 0.1) is 5.41 Å². The summed E-state index contributed by atoms with van der Waals surface area (Å²) in [5, 5.41) is 0. The Kier molecular flexibility index (Phi) is 2.84. The standard InChI is InChI=1S/C14H16N2O/c1-14(2,3)13(17)11-5-4-6-12(9-11)16-8-7-15-10-16/h4-10H,1-3H3. The van der Waals surface area contributed by atoms with E-state index in [0.717, 1.165) is 11.3 Å². The maximum Gasteiger partial charge on any atom is 0.168 e. The highest BCUT2D eigenvalue weighted by atomic mass is 16.1. The van der Waals surface area contributed by atoms with Gasteiger partial charge in [-0.15, -0.1) is 0 Å². The maximum atomic E-state index is 12.2. The number of ketones is 1. The normalized spacial score (nSPS) is 11.5. The number of benzene rings is 1. The summed E-state index contributed by atoms with van der Waals surface area (Å²) in [7, 11) is 0. The van der Waals surface area contributed by atoms with E-state index in [4.69, 9.17) is 0 Å². The Morgan fingerprint density at radius 3 is 2.65 bits per heavy atom. The molecule has 0 amide bonds. The zero-order valence-corrected chi connectivity index (χ0v) is 10.3. The van der Waals surface area contributed by atoms with Gasteiger partial charge in [0.2, 0.25) is 0 Å². The van der Waals surface area contributed by atoms with Gasteiger partial charge in [-0.3, -0.25) is 4.79 Å². The topological polar surface area (TPSA) is 34.9 Å². The lowest BCUT2D eigenvalue weighted by molar-refractivity contribution is 0.0858. The molecular formula is C14H16N2O. The fourth-order valence-corrected chi connectivity index (χ4v) is 1.65. The van der Waals surface area contributed by atoms with Gasteiger partial charge in [-0.2, -0.15) is 0 Å². The molecule has 0 saturated carbocycles. The zero-order valence-electron chi connectivity index (χ0n) is 10.3. The first-order chi connectivity index (χ1) is 7.98. The first-order valence-electron chi connectivity index (χ1n) is 5.62. The van der Waals surface area contributed by atoms with Gasteiger partial charge < -0.3 is 4.57 Å². The van der Waals surface area contributed by atoms with Crippen molar-refractivity contribution in [1.29, 1.82) is 0 Å². The van der Waals surface area contributed by atoms with E-state index in [2.05, 4.69) is 4.98 Å². The van der Waals surface area contributed by atoms with E-state index in [-0.39, 0.29) is 11.2 Å². The van der Waals surface area contributed by atoms with Gasteiger partial charge in [-0.05, 0) is 12.1 Å². The second-order valence-electron chi connectivity index (χ2n) is 5.10. The molecule has 88 valence electrons. The van der Waals surface area contributed by atoms with Gasteiger partial charge >= 0.3 is 0 Å². The molecule has 0 fully saturated rings. The van der Waals surface area contributed by atoms with Crippen LogP contribution in [0.1, 0.15) is 31.1 Å². The fraction of sp³-hybridized carbons (Fsp3) is 0.286. The summed E-state index contributed by atoms with van der Waals surface area (Å²) in [6, 6.07) is 7.61. The quantitative estimate of drug-likeness (QED) is 0.740. The van der Waals surface area contributed by atoms with Gasteiger partial charge in [0.25, 0.3) is 0 Å². The highest BCUT2D eigenvalue weighted by molar-refractivity contribution is 6.00. The maximum absolute atomic E-state index is 12.2. The Bertz CT molecular complexity index is 521. The lowest BCUT2D eigenvalue weighted by Crippen LogP contribution is -2.20. The van der Waals surface area contributed by atoms with Crippen LogP contribution in [-0.2, 0) is 0 Å². The molecule has 17 heavy (non-hydrogen) atoms. The van der Waals surface area contributed by atoms with E-state index in [1.165, 1.54) is 0 Å². The van der Waals surface area contributed by atoms with Crippen molar-refractivity contribution in [3.05, 3.63) is 48.5 Å². The first kappa shape index (κ1) is 11.6. The Morgan fingerprint density at radius 2 is 2.06 bits per heavy atom. The first-order valence-corrected chi connectivity index (χ1v) is 5.62. The van der Waals surface area contributed by atoms with Crippen LogP contribution in [0.15, 0.2) is 43.0 Å². The van der Waals surface area contributed by atoms with E-state index in [1.807, 2.05) is 55.8 Å². The summed E-state index contributed by atoms with van der Waals surface area (Å²) in [5.41, 5.74) is 1.34. The zero-order chi connectivity index (χ0) is 12.5. The molecule has 1 heterocycles. The second-order valence-corrected chi connectivity index (χ2v) is 5.10. The number of Topliss-reactive ketones (excluding diaryl/α,β-unsaturated/α-hetero) is 1. The average molecular weight is 228 g/mol. The molecule has 2 aromatic rings. The van der Waals surface area contributed by atoms with Crippen molar-refractivity contribution in [1.82, 2.24) is 9.55 Å². The SMILES string of the molecule is CC(C)(C)C(=O)c1cccc(-n2ccnc2)c1. The molecule has 0 atom stereocenters. The van der Waals surface area contributed by atoms with Gasteiger partial charge in [0.05, 0.1) is 6.33 Å². The second kappa shape index (κ2) is 4.17. The molecule has 0 aliphatic rings.